The van der Waals surface area contributed by atoms with Gasteiger partial charge < -0.3 is 4.74 Å². The van der Waals surface area contributed by atoms with Gasteiger partial charge in [-0.15, -0.1) is 0 Å². The van der Waals surface area contributed by atoms with Crippen molar-refractivity contribution in [2.24, 2.45) is 5.10 Å². The second kappa shape index (κ2) is 6.19. The van der Waals surface area contributed by atoms with Gasteiger partial charge in [0, 0.05) is 22.6 Å². The summed E-state index contributed by atoms with van der Waals surface area (Å²) < 4.78 is 6.33. The van der Waals surface area contributed by atoms with Gasteiger partial charge in [-0.2, -0.15) is 5.10 Å². The maximum absolute atomic E-state index is 6.33. The number of ether oxygens (including phenoxy) is 1. The SMILES string of the molecule is Clc1ccc2c(c1)[C@@H]1CC(c3ccccc3)=NN1[C@@H](c1ccccc1)O2. The molecule has 0 bridgehead atoms. The number of hydrogen-bond acceptors (Lipinski definition) is 3. The molecule has 2 aliphatic rings. The van der Waals surface area contributed by atoms with E-state index in [9.17, 15) is 0 Å². The molecule has 0 aromatic heterocycles. The summed E-state index contributed by atoms with van der Waals surface area (Å²) in [6.45, 7) is 0. The fraction of sp³-hybridized carbons (Fsp3) is 0.136. The van der Waals surface area contributed by atoms with E-state index in [1.165, 1.54) is 0 Å². The third kappa shape index (κ3) is 2.56. The normalized spacial score (nSPS) is 20.8. The predicted molar refractivity (Wildman–Crippen MR) is 103 cm³/mol. The minimum absolute atomic E-state index is 0.123. The molecule has 3 nitrogen and oxygen atoms in total. The van der Waals surface area contributed by atoms with E-state index in [-0.39, 0.29) is 12.3 Å². The monoisotopic (exact) mass is 360 g/mol. The van der Waals surface area contributed by atoms with Crippen LogP contribution in [0.4, 0.5) is 0 Å². The number of hydrogen-bond donors (Lipinski definition) is 0. The number of hydrazone groups is 1. The molecule has 0 saturated heterocycles. The molecule has 4 heteroatoms. The maximum Gasteiger partial charge on any atom is 0.213 e. The van der Waals surface area contributed by atoms with Gasteiger partial charge in [-0.1, -0.05) is 72.3 Å². The van der Waals surface area contributed by atoms with Gasteiger partial charge in [0.15, 0.2) is 0 Å². The lowest BCUT2D eigenvalue weighted by Gasteiger charge is -2.38. The summed E-state index contributed by atoms with van der Waals surface area (Å²) in [6, 6.07) is 26.5. The van der Waals surface area contributed by atoms with Crippen LogP contribution < -0.4 is 4.74 Å². The molecule has 0 radical (unpaired) electrons. The second-order valence-corrected chi connectivity index (χ2v) is 7.01. The van der Waals surface area contributed by atoms with Crippen molar-refractivity contribution in [2.75, 3.05) is 0 Å². The highest BCUT2D eigenvalue weighted by Crippen LogP contribution is 2.48. The first-order valence-electron chi connectivity index (χ1n) is 8.72. The molecule has 26 heavy (non-hydrogen) atoms. The highest BCUT2D eigenvalue weighted by molar-refractivity contribution is 6.30. The van der Waals surface area contributed by atoms with Gasteiger partial charge in [0.1, 0.15) is 5.75 Å². The fourth-order valence-electron chi connectivity index (χ4n) is 3.70. The van der Waals surface area contributed by atoms with E-state index in [4.69, 9.17) is 21.4 Å². The molecule has 0 saturated carbocycles. The Kier molecular flexibility index (Phi) is 3.68. The first-order chi connectivity index (χ1) is 12.8. The Balaban J connectivity index is 1.62. The van der Waals surface area contributed by atoms with E-state index in [2.05, 4.69) is 29.3 Å². The zero-order valence-corrected chi connectivity index (χ0v) is 14.8. The van der Waals surface area contributed by atoms with E-state index < -0.39 is 0 Å². The highest BCUT2D eigenvalue weighted by atomic mass is 35.5. The minimum Gasteiger partial charge on any atom is -0.464 e. The van der Waals surface area contributed by atoms with Crippen LogP contribution in [-0.2, 0) is 0 Å². The molecule has 0 unspecified atom stereocenters. The van der Waals surface area contributed by atoms with E-state index in [0.717, 1.165) is 39.6 Å². The van der Waals surface area contributed by atoms with Gasteiger partial charge in [0.25, 0.3) is 0 Å². The molecule has 0 N–H and O–H groups in total. The summed E-state index contributed by atoms with van der Waals surface area (Å²) in [6.07, 6.45) is 0.598. The number of halogens is 1. The Labute approximate surface area is 157 Å². The smallest absolute Gasteiger partial charge is 0.213 e. The van der Waals surface area contributed by atoms with Crippen LogP contribution in [0.2, 0.25) is 5.02 Å². The van der Waals surface area contributed by atoms with Crippen LogP contribution in [0.5, 0.6) is 5.75 Å². The van der Waals surface area contributed by atoms with Gasteiger partial charge in [-0.3, -0.25) is 0 Å². The van der Waals surface area contributed by atoms with E-state index >= 15 is 0 Å². The van der Waals surface area contributed by atoms with Crippen LogP contribution in [0.15, 0.2) is 84.0 Å². The number of nitrogens with zero attached hydrogens (tertiary/aromatic N) is 2. The van der Waals surface area contributed by atoms with Crippen molar-refractivity contribution in [1.82, 2.24) is 5.01 Å². The summed E-state index contributed by atoms with van der Waals surface area (Å²) >= 11 is 6.26. The summed E-state index contributed by atoms with van der Waals surface area (Å²) in [4.78, 5) is 0. The largest absolute Gasteiger partial charge is 0.464 e. The Morgan fingerprint density at radius 3 is 2.42 bits per heavy atom. The van der Waals surface area contributed by atoms with E-state index in [0.29, 0.717) is 0 Å². The standard InChI is InChI=1S/C22H17ClN2O/c23-17-11-12-21-18(13-17)20-14-19(15-7-3-1-4-8-15)24-25(20)22(26-21)16-9-5-2-6-10-16/h1-13,20,22H,14H2/t20-,22+/m0/s1. The third-order valence-electron chi connectivity index (χ3n) is 4.94. The minimum atomic E-state index is -0.240. The van der Waals surface area contributed by atoms with Gasteiger partial charge in [0.05, 0.1) is 11.8 Å². The molecule has 0 spiro atoms. The van der Waals surface area contributed by atoms with Crippen LogP contribution in [0, 0.1) is 0 Å². The van der Waals surface area contributed by atoms with Gasteiger partial charge in [-0.05, 0) is 23.8 Å². The molecule has 2 heterocycles. The Morgan fingerprint density at radius 2 is 1.65 bits per heavy atom. The zero-order valence-electron chi connectivity index (χ0n) is 14.0. The van der Waals surface area contributed by atoms with Gasteiger partial charge in [-0.25, -0.2) is 5.01 Å². The molecule has 128 valence electrons. The zero-order chi connectivity index (χ0) is 17.5. The van der Waals surface area contributed by atoms with Crippen molar-refractivity contribution in [3.05, 3.63) is 101 Å². The van der Waals surface area contributed by atoms with Crippen molar-refractivity contribution in [3.63, 3.8) is 0 Å². The highest BCUT2D eigenvalue weighted by Gasteiger charge is 2.40. The molecule has 3 aromatic carbocycles. The van der Waals surface area contributed by atoms with Crippen LogP contribution >= 0.6 is 11.6 Å². The second-order valence-electron chi connectivity index (χ2n) is 6.58. The maximum atomic E-state index is 6.33. The molecular weight excluding hydrogens is 344 g/mol. The van der Waals surface area contributed by atoms with Crippen molar-refractivity contribution in [2.45, 2.75) is 18.7 Å². The van der Waals surface area contributed by atoms with Crippen molar-refractivity contribution >= 4 is 17.3 Å². The quantitative estimate of drug-likeness (QED) is 0.595. The number of benzene rings is 3. The molecule has 5 rings (SSSR count). The summed E-state index contributed by atoms with van der Waals surface area (Å²) in [5, 5.41) is 7.75. The van der Waals surface area contributed by atoms with Crippen molar-refractivity contribution in [1.29, 1.82) is 0 Å². The van der Waals surface area contributed by atoms with Crippen LogP contribution in [0.1, 0.15) is 35.4 Å². The molecule has 2 atom stereocenters. The number of rotatable bonds is 2. The Hall–Kier alpha value is -2.78. The van der Waals surface area contributed by atoms with Gasteiger partial charge in [0.2, 0.25) is 6.23 Å². The average molecular weight is 361 g/mol. The molecular formula is C22H17ClN2O. The molecule has 3 aromatic rings. The summed E-state index contributed by atoms with van der Waals surface area (Å²) in [7, 11) is 0. The number of fused-ring (bicyclic) bond motifs is 3. The van der Waals surface area contributed by atoms with Crippen LogP contribution in [0.25, 0.3) is 0 Å². The molecule has 2 aliphatic heterocycles. The lowest BCUT2D eigenvalue weighted by atomic mass is 9.96. The lowest BCUT2D eigenvalue weighted by Crippen LogP contribution is -2.33. The molecule has 0 aliphatic carbocycles. The van der Waals surface area contributed by atoms with E-state index in [1.807, 2.05) is 54.6 Å². The first kappa shape index (κ1) is 15.5. The topological polar surface area (TPSA) is 24.8 Å². The van der Waals surface area contributed by atoms with Crippen molar-refractivity contribution < 1.29 is 4.74 Å². The Morgan fingerprint density at radius 1 is 0.923 bits per heavy atom. The summed E-state index contributed by atoms with van der Waals surface area (Å²) in [5.74, 6) is 0.883. The third-order valence-corrected chi connectivity index (χ3v) is 5.18. The first-order valence-corrected chi connectivity index (χ1v) is 9.10. The van der Waals surface area contributed by atoms with Crippen LogP contribution in [0.3, 0.4) is 0 Å². The average Bonchev–Trinajstić information content (AvgIpc) is 3.15. The van der Waals surface area contributed by atoms with Crippen molar-refractivity contribution in [3.8, 4) is 5.75 Å². The lowest BCUT2D eigenvalue weighted by molar-refractivity contribution is -0.0190. The van der Waals surface area contributed by atoms with Gasteiger partial charge >= 0.3 is 0 Å². The van der Waals surface area contributed by atoms with E-state index in [1.54, 1.807) is 0 Å². The van der Waals surface area contributed by atoms with Crippen LogP contribution in [-0.4, -0.2) is 10.7 Å². The Bertz CT molecular complexity index is 972. The molecule has 0 fully saturated rings. The summed E-state index contributed by atoms with van der Waals surface area (Å²) in [5.41, 5.74) is 4.42. The molecule has 0 amide bonds. The predicted octanol–water partition coefficient (Wildman–Crippen LogP) is 5.58. The fourth-order valence-corrected chi connectivity index (χ4v) is 3.88.